The molecule has 3 rings (SSSR count). The molecule has 2 heterocycles. The highest BCUT2D eigenvalue weighted by Crippen LogP contribution is 2.23. The maximum atomic E-state index is 12.8. The number of nitrogens with one attached hydrogen (secondary N) is 1. The van der Waals surface area contributed by atoms with Crippen molar-refractivity contribution in [1.29, 1.82) is 0 Å². The van der Waals surface area contributed by atoms with Crippen molar-refractivity contribution in [2.75, 3.05) is 5.32 Å². The summed E-state index contributed by atoms with van der Waals surface area (Å²) in [5, 5.41) is 18.9. The number of amides is 1. The van der Waals surface area contributed by atoms with Gasteiger partial charge in [0.25, 0.3) is 5.91 Å². The first kappa shape index (κ1) is 17.8. The van der Waals surface area contributed by atoms with Crippen LogP contribution < -0.4 is 5.32 Å². The van der Waals surface area contributed by atoms with Crippen LogP contribution in [0.2, 0.25) is 0 Å². The molecule has 136 valence electrons. The van der Waals surface area contributed by atoms with Gasteiger partial charge in [-0.3, -0.25) is 9.48 Å². The van der Waals surface area contributed by atoms with Gasteiger partial charge in [-0.2, -0.15) is 5.10 Å². The molecular formula is C18H23N7O. The minimum Gasteiger partial charge on any atom is -0.322 e. The molecule has 0 spiro atoms. The van der Waals surface area contributed by atoms with Gasteiger partial charge >= 0.3 is 0 Å². The van der Waals surface area contributed by atoms with E-state index in [1.54, 1.807) is 17.9 Å². The standard InChI is InChI=1S/C18H23N7O/c1-6-15-14(11-19-25(15)18(2,3)4)17(26)20-13-9-7-8-12(10-13)16-21-22-23-24(16)5/h7-11H,6H2,1-5H3,(H,20,26). The topological polar surface area (TPSA) is 90.5 Å². The molecule has 0 aliphatic heterocycles. The van der Waals surface area contributed by atoms with Crippen LogP contribution in [0.3, 0.4) is 0 Å². The number of hydrogen-bond donors (Lipinski definition) is 1. The maximum Gasteiger partial charge on any atom is 0.259 e. The molecule has 0 aliphatic carbocycles. The fourth-order valence-corrected chi connectivity index (χ4v) is 2.89. The number of carbonyl (C=O) groups is 1. The quantitative estimate of drug-likeness (QED) is 0.779. The molecule has 0 radical (unpaired) electrons. The first-order valence-electron chi connectivity index (χ1n) is 8.52. The Hall–Kier alpha value is -3.03. The van der Waals surface area contributed by atoms with Gasteiger partial charge in [-0.15, -0.1) is 5.10 Å². The molecule has 8 heteroatoms. The van der Waals surface area contributed by atoms with Crippen molar-refractivity contribution >= 4 is 11.6 Å². The largest absolute Gasteiger partial charge is 0.322 e. The van der Waals surface area contributed by atoms with E-state index in [1.807, 2.05) is 35.9 Å². The van der Waals surface area contributed by atoms with Crippen LogP contribution in [0.4, 0.5) is 5.69 Å². The van der Waals surface area contributed by atoms with E-state index in [1.165, 1.54) is 0 Å². The van der Waals surface area contributed by atoms with Crippen LogP contribution in [0.1, 0.15) is 43.7 Å². The van der Waals surface area contributed by atoms with Crippen molar-refractivity contribution in [3.63, 3.8) is 0 Å². The van der Waals surface area contributed by atoms with Gasteiger partial charge in [-0.05, 0) is 49.8 Å². The lowest BCUT2D eigenvalue weighted by Gasteiger charge is -2.22. The Balaban J connectivity index is 1.88. The third-order valence-corrected chi connectivity index (χ3v) is 4.08. The van der Waals surface area contributed by atoms with Crippen LogP contribution in [0, 0.1) is 0 Å². The van der Waals surface area contributed by atoms with Crippen LogP contribution in [-0.4, -0.2) is 35.9 Å². The smallest absolute Gasteiger partial charge is 0.259 e. The molecular weight excluding hydrogens is 330 g/mol. The van der Waals surface area contributed by atoms with E-state index in [9.17, 15) is 4.79 Å². The van der Waals surface area contributed by atoms with Crippen molar-refractivity contribution in [3.05, 3.63) is 41.7 Å². The number of anilines is 1. The molecule has 0 fully saturated rings. The summed E-state index contributed by atoms with van der Waals surface area (Å²) in [5.41, 5.74) is 2.84. The Bertz CT molecular complexity index is 933. The van der Waals surface area contributed by atoms with Crippen LogP contribution in [0.25, 0.3) is 11.4 Å². The van der Waals surface area contributed by atoms with Gasteiger partial charge < -0.3 is 5.32 Å². The molecule has 1 aromatic carbocycles. The second-order valence-electron chi connectivity index (χ2n) is 7.10. The lowest BCUT2D eigenvalue weighted by atomic mass is 10.1. The summed E-state index contributed by atoms with van der Waals surface area (Å²) in [5.74, 6) is 0.460. The van der Waals surface area contributed by atoms with E-state index < -0.39 is 0 Å². The molecule has 8 nitrogen and oxygen atoms in total. The van der Waals surface area contributed by atoms with E-state index in [2.05, 4.69) is 46.7 Å². The summed E-state index contributed by atoms with van der Waals surface area (Å²) in [7, 11) is 1.77. The predicted octanol–water partition coefficient (Wildman–Crippen LogP) is 2.64. The zero-order valence-electron chi connectivity index (χ0n) is 15.7. The Labute approximate surface area is 152 Å². The summed E-state index contributed by atoms with van der Waals surface area (Å²) < 4.78 is 3.49. The van der Waals surface area contributed by atoms with Gasteiger partial charge in [0.15, 0.2) is 5.82 Å². The fourth-order valence-electron chi connectivity index (χ4n) is 2.89. The Kier molecular flexibility index (Phi) is 4.58. The number of aryl methyl sites for hydroxylation is 1. The highest BCUT2D eigenvalue weighted by molar-refractivity contribution is 6.05. The number of carbonyl (C=O) groups excluding carboxylic acids is 1. The minimum atomic E-state index is -0.179. The van der Waals surface area contributed by atoms with Crippen molar-refractivity contribution in [2.24, 2.45) is 7.05 Å². The number of aromatic nitrogens is 6. The Morgan fingerprint density at radius 1 is 1.27 bits per heavy atom. The maximum absolute atomic E-state index is 12.8. The van der Waals surface area contributed by atoms with Gasteiger partial charge in [0.2, 0.25) is 0 Å². The average Bonchev–Trinajstić information content (AvgIpc) is 3.20. The van der Waals surface area contributed by atoms with Crippen LogP contribution in [-0.2, 0) is 19.0 Å². The van der Waals surface area contributed by atoms with Gasteiger partial charge in [0, 0.05) is 18.3 Å². The number of tetrazole rings is 1. The van der Waals surface area contributed by atoms with Gasteiger partial charge in [0.05, 0.1) is 23.0 Å². The number of benzene rings is 1. The van der Waals surface area contributed by atoms with Gasteiger partial charge in [0.1, 0.15) is 0 Å². The highest BCUT2D eigenvalue weighted by atomic mass is 16.1. The molecule has 0 bridgehead atoms. The molecule has 0 aliphatic rings. The average molecular weight is 353 g/mol. The summed E-state index contributed by atoms with van der Waals surface area (Å²) in [6, 6.07) is 7.45. The van der Waals surface area contributed by atoms with E-state index in [-0.39, 0.29) is 11.4 Å². The lowest BCUT2D eigenvalue weighted by molar-refractivity contribution is 0.102. The van der Waals surface area contributed by atoms with E-state index in [4.69, 9.17) is 0 Å². The van der Waals surface area contributed by atoms with E-state index in [0.29, 0.717) is 17.1 Å². The monoisotopic (exact) mass is 353 g/mol. The normalized spacial score (nSPS) is 11.6. The van der Waals surface area contributed by atoms with Crippen LogP contribution in [0.15, 0.2) is 30.5 Å². The van der Waals surface area contributed by atoms with Gasteiger partial charge in [-0.1, -0.05) is 19.1 Å². The first-order valence-corrected chi connectivity index (χ1v) is 8.52. The summed E-state index contributed by atoms with van der Waals surface area (Å²) in [6.07, 6.45) is 2.36. The Morgan fingerprint density at radius 2 is 2.04 bits per heavy atom. The molecule has 0 unspecified atom stereocenters. The van der Waals surface area contributed by atoms with Gasteiger partial charge in [-0.25, -0.2) is 4.68 Å². The molecule has 0 atom stereocenters. The highest BCUT2D eigenvalue weighted by Gasteiger charge is 2.23. The third kappa shape index (κ3) is 3.35. The molecule has 0 saturated heterocycles. The third-order valence-electron chi connectivity index (χ3n) is 4.08. The zero-order valence-corrected chi connectivity index (χ0v) is 15.7. The van der Waals surface area contributed by atoms with E-state index in [0.717, 1.165) is 17.7 Å². The van der Waals surface area contributed by atoms with Crippen molar-refractivity contribution < 1.29 is 4.79 Å². The lowest BCUT2D eigenvalue weighted by Crippen LogP contribution is -2.26. The minimum absolute atomic E-state index is 0.175. The summed E-state index contributed by atoms with van der Waals surface area (Å²) >= 11 is 0. The summed E-state index contributed by atoms with van der Waals surface area (Å²) in [6.45, 7) is 8.23. The number of nitrogens with zero attached hydrogens (tertiary/aromatic N) is 6. The SMILES string of the molecule is CCc1c(C(=O)Nc2cccc(-c3nnnn3C)c2)cnn1C(C)(C)C. The second kappa shape index (κ2) is 6.70. The fraction of sp³-hybridized carbons (Fsp3) is 0.389. The Morgan fingerprint density at radius 3 is 2.65 bits per heavy atom. The predicted molar refractivity (Wildman–Crippen MR) is 98.8 cm³/mol. The van der Waals surface area contributed by atoms with Crippen molar-refractivity contribution in [2.45, 2.75) is 39.7 Å². The molecule has 1 N–H and O–H groups in total. The molecule has 2 aromatic heterocycles. The number of hydrogen-bond acceptors (Lipinski definition) is 5. The van der Waals surface area contributed by atoms with Crippen LogP contribution in [0.5, 0.6) is 0 Å². The van der Waals surface area contributed by atoms with Crippen molar-refractivity contribution in [1.82, 2.24) is 30.0 Å². The van der Waals surface area contributed by atoms with Crippen molar-refractivity contribution in [3.8, 4) is 11.4 Å². The first-order chi connectivity index (χ1) is 12.3. The van der Waals surface area contributed by atoms with E-state index >= 15 is 0 Å². The zero-order chi connectivity index (χ0) is 18.9. The molecule has 1 amide bonds. The number of rotatable bonds is 4. The molecule has 0 saturated carbocycles. The van der Waals surface area contributed by atoms with Crippen LogP contribution >= 0.6 is 0 Å². The second-order valence-corrected chi connectivity index (χ2v) is 7.10. The molecule has 26 heavy (non-hydrogen) atoms. The summed E-state index contributed by atoms with van der Waals surface area (Å²) in [4.78, 5) is 12.8. The molecule has 3 aromatic rings.